The summed E-state index contributed by atoms with van der Waals surface area (Å²) in [5, 5.41) is 0.386. The monoisotopic (exact) mass is 402 g/mol. The number of aryl methyl sites for hydroxylation is 1. The zero-order valence-electron chi connectivity index (χ0n) is 14.1. The third-order valence-electron chi connectivity index (χ3n) is 4.32. The van der Waals surface area contributed by atoms with E-state index in [4.69, 9.17) is 11.6 Å². The first kappa shape index (κ1) is 19.3. The molecular weight excluding hydrogens is 385 g/mol. The smallest absolute Gasteiger partial charge is 0.313 e. The lowest BCUT2D eigenvalue weighted by molar-refractivity contribution is -0.172. The van der Waals surface area contributed by atoms with E-state index in [9.17, 15) is 18.0 Å². The second-order valence-corrected chi connectivity index (χ2v) is 7.66. The van der Waals surface area contributed by atoms with E-state index in [0.717, 1.165) is 30.5 Å². The molecule has 26 heavy (non-hydrogen) atoms. The van der Waals surface area contributed by atoms with E-state index >= 15 is 0 Å². The van der Waals surface area contributed by atoms with Crippen molar-refractivity contribution < 1.29 is 13.2 Å². The Bertz CT molecular complexity index is 836. The molecule has 0 spiro atoms. The summed E-state index contributed by atoms with van der Waals surface area (Å²) in [6, 6.07) is 7.13. The van der Waals surface area contributed by atoms with E-state index in [1.165, 1.54) is 34.6 Å². The van der Waals surface area contributed by atoms with Gasteiger partial charge in [0.2, 0.25) is 0 Å². The van der Waals surface area contributed by atoms with Crippen LogP contribution in [0.4, 0.5) is 13.2 Å². The van der Waals surface area contributed by atoms with Gasteiger partial charge < -0.3 is 4.57 Å². The number of halogens is 4. The van der Waals surface area contributed by atoms with Gasteiger partial charge in [0.15, 0.2) is 0 Å². The molecule has 0 fully saturated rings. The van der Waals surface area contributed by atoms with Crippen LogP contribution in [0.2, 0.25) is 5.02 Å². The van der Waals surface area contributed by atoms with E-state index < -0.39 is 12.2 Å². The first-order valence-corrected chi connectivity index (χ1v) is 9.45. The Morgan fingerprint density at radius 1 is 1.27 bits per heavy atom. The van der Waals surface area contributed by atoms with Gasteiger partial charge in [0.1, 0.15) is 6.04 Å². The Hall–Kier alpha value is -1.44. The molecule has 2 heterocycles. The van der Waals surface area contributed by atoms with Crippen molar-refractivity contribution in [1.29, 1.82) is 0 Å². The second kappa shape index (κ2) is 7.66. The van der Waals surface area contributed by atoms with Gasteiger partial charge in [0, 0.05) is 34.8 Å². The summed E-state index contributed by atoms with van der Waals surface area (Å²) in [6.45, 7) is 2.50. The summed E-state index contributed by atoms with van der Waals surface area (Å²) in [4.78, 5) is 12.7. The topological polar surface area (TPSA) is 25.2 Å². The standard InChI is InChI=1S/C18H18ClF3N2OS/c1-2-24(17(18(20,21)22)12-5-7-13(19)8-6-12)26-15-10-14-4-3-9-23(14)16(25)11-15/h5-8,10-11,17H,2-4,9H2,1H3/t17-/m1/s1. The number of hydrogen-bond acceptors (Lipinski definition) is 3. The van der Waals surface area contributed by atoms with E-state index in [0.29, 0.717) is 16.5 Å². The van der Waals surface area contributed by atoms with E-state index in [1.54, 1.807) is 11.5 Å². The highest BCUT2D eigenvalue weighted by atomic mass is 35.5. The van der Waals surface area contributed by atoms with Crippen LogP contribution in [0.25, 0.3) is 0 Å². The molecule has 2 aromatic rings. The molecule has 0 unspecified atom stereocenters. The Kier molecular flexibility index (Phi) is 5.69. The van der Waals surface area contributed by atoms with Crippen LogP contribution in [0.1, 0.15) is 30.6 Å². The van der Waals surface area contributed by atoms with Gasteiger partial charge in [-0.2, -0.15) is 13.2 Å². The van der Waals surface area contributed by atoms with Gasteiger partial charge >= 0.3 is 6.18 Å². The van der Waals surface area contributed by atoms with Gasteiger partial charge in [-0.3, -0.25) is 4.79 Å². The summed E-state index contributed by atoms with van der Waals surface area (Å²) in [5.74, 6) is 0. The molecule has 8 heteroatoms. The Morgan fingerprint density at radius 3 is 2.58 bits per heavy atom. The molecular formula is C18H18ClF3N2OS. The Labute approximate surface area is 158 Å². The summed E-state index contributed by atoms with van der Waals surface area (Å²) < 4.78 is 44.3. The van der Waals surface area contributed by atoms with Crippen molar-refractivity contribution in [2.45, 2.75) is 43.4 Å². The number of benzene rings is 1. The first-order valence-electron chi connectivity index (χ1n) is 8.30. The molecule has 1 aliphatic heterocycles. The molecule has 140 valence electrons. The Morgan fingerprint density at radius 2 is 1.96 bits per heavy atom. The fraction of sp³-hybridized carbons (Fsp3) is 0.389. The molecule has 0 aliphatic carbocycles. The van der Waals surface area contributed by atoms with E-state index in [2.05, 4.69) is 0 Å². The average Bonchev–Trinajstić information content (AvgIpc) is 3.04. The summed E-state index contributed by atoms with van der Waals surface area (Å²) in [6.07, 6.45) is -2.80. The summed E-state index contributed by atoms with van der Waals surface area (Å²) in [7, 11) is 0. The lowest BCUT2D eigenvalue weighted by Gasteiger charge is -2.31. The predicted octanol–water partition coefficient (Wildman–Crippen LogP) is 5.08. The van der Waals surface area contributed by atoms with Crippen molar-refractivity contribution in [3.8, 4) is 0 Å². The minimum Gasteiger partial charge on any atom is -0.313 e. The third-order valence-corrected chi connectivity index (χ3v) is 5.72. The van der Waals surface area contributed by atoms with E-state index in [1.807, 2.05) is 6.07 Å². The molecule has 0 bridgehead atoms. The maximum Gasteiger partial charge on any atom is 0.408 e. The number of alkyl halides is 3. The number of pyridine rings is 1. The van der Waals surface area contributed by atoms with Crippen molar-refractivity contribution in [1.82, 2.24) is 8.87 Å². The van der Waals surface area contributed by atoms with Crippen molar-refractivity contribution >= 4 is 23.5 Å². The molecule has 1 aromatic carbocycles. The molecule has 3 nitrogen and oxygen atoms in total. The highest BCUT2D eigenvalue weighted by Gasteiger charge is 2.44. The van der Waals surface area contributed by atoms with Crippen LogP contribution in [0.5, 0.6) is 0 Å². The van der Waals surface area contributed by atoms with Crippen LogP contribution in [0.15, 0.2) is 46.1 Å². The molecule has 0 amide bonds. The van der Waals surface area contributed by atoms with Gasteiger partial charge in [0.25, 0.3) is 5.56 Å². The first-order chi connectivity index (χ1) is 12.3. The van der Waals surface area contributed by atoms with Crippen LogP contribution in [0.3, 0.4) is 0 Å². The molecule has 3 rings (SSSR count). The average molecular weight is 403 g/mol. The molecule has 0 saturated carbocycles. The van der Waals surface area contributed by atoms with Crippen molar-refractivity contribution in [3.63, 3.8) is 0 Å². The van der Waals surface area contributed by atoms with Gasteiger partial charge in [-0.1, -0.05) is 30.7 Å². The van der Waals surface area contributed by atoms with Crippen LogP contribution in [0, 0.1) is 0 Å². The molecule has 1 aliphatic rings. The maximum absolute atomic E-state index is 13.8. The highest BCUT2D eigenvalue weighted by molar-refractivity contribution is 7.97. The van der Waals surface area contributed by atoms with Crippen LogP contribution in [-0.2, 0) is 13.0 Å². The third kappa shape index (κ3) is 4.10. The lowest BCUT2D eigenvalue weighted by atomic mass is 10.1. The van der Waals surface area contributed by atoms with Gasteiger partial charge in [-0.15, -0.1) is 0 Å². The van der Waals surface area contributed by atoms with Crippen LogP contribution in [-0.4, -0.2) is 21.6 Å². The summed E-state index contributed by atoms with van der Waals surface area (Å²) in [5.41, 5.74) is 0.842. The molecule has 0 saturated heterocycles. The fourth-order valence-electron chi connectivity index (χ4n) is 3.16. The van der Waals surface area contributed by atoms with Crippen molar-refractivity contribution in [2.24, 2.45) is 0 Å². The second-order valence-electron chi connectivity index (χ2n) is 6.10. The van der Waals surface area contributed by atoms with Crippen molar-refractivity contribution in [3.05, 3.63) is 63.0 Å². The fourth-order valence-corrected chi connectivity index (χ4v) is 4.37. The van der Waals surface area contributed by atoms with Crippen LogP contribution >= 0.6 is 23.5 Å². The minimum atomic E-state index is -4.46. The SMILES string of the molecule is CCN(Sc1cc2n(c(=O)c1)CCC2)[C@H](c1ccc(Cl)cc1)C(F)(F)F. The van der Waals surface area contributed by atoms with Gasteiger partial charge in [-0.25, -0.2) is 4.31 Å². The lowest BCUT2D eigenvalue weighted by Crippen LogP contribution is -2.34. The van der Waals surface area contributed by atoms with Gasteiger partial charge in [0.05, 0.1) is 0 Å². The number of nitrogens with zero attached hydrogens (tertiary/aromatic N) is 2. The normalized spacial score (nSPS) is 15.3. The number of aromatic nitrogens is 1. The molecule has 0 N–H and O–H groups in total. The predicted molar refractivity (Wildman–Crippen MR) is 97.5 cm³/mol. The zero-order valence-corrected chi connectivity index (χ0v) is 15.7. The largest absolute Gasteiger partial charge is 0.408 e. The molecule has 1 aromatic heterocycles. The number of hydrogen-bond donors (Lipinski definition) is 0. The van der Waals surface area contributed by atoms with E-state index in [-0.39, 0.29) is 17.7 Å². The molecule has 1 atom stereocenters. The highest BCUT2D eigenvalue weighted by Crippen LogP contribution is 2.42. The quantitative estimate of drug-likeness (QED) is 0.652. The number of fused-ring (bicyclic) bond motifs is 1. The van der Waals surface area contributed by atoms with Crippen LogP contribution < -0.4 is 5.56 Å². The van der Waals surface area contributed by atoms with Gasteiger partial charge in [-0.05, 0) is 48.6 Å². The number of rotatable bonds is 5. The van der Waals surface area contributed by atoms with Crippen molar-refractivity contribution in [2.75, 3.05) is 6.54 Å². The maximum atomic E-state index is 13.8. The Balaban J connectivity index is 1.93. The minimum absolute atomic E-state index is 0.120. The summed E-state index contributed by atoms with van der Waals surface area (Å²) >= 11 is 6.78. The zero-order chi connectivity index (χ0) is 18.9. The molecule has 0 radical (unpaired) electrons.